The Balaban J connectivity index is 2.23. The lowest BCUT2D eigenvalue weighted by molar-refractivity contribution is 0.479. The first-order valence-electron chi connectivity index (χ1n) is 4.99. The van der Waals surface area contributed by atoms with Crippen molar-refractivity contribution >= 4 is 11.3 Å². The van der Waals surface area contributed by atoms with E-state index in [4.69, 9.17) is 5.73 Å². The quantitative estimate of drug-likeness (QED) is 0.732. The van der Waals surface area contributed by atoms with Crippen molar-refractivity contribution in [2.75, 3.05) is 0 Å². The summed E-state index contributed by atoms with van der Waals surface area (Å²) >= 11 is 1.85. The van der Waals surface area contributed by atoms with Gasteiger partial charge in [0.25, 0.3) is 0 Å². The third-order valence-corrected chi connectivity index (χ3v) is 4.28. The summed E-state index contributed by atoms with van der Waals surface area (Å²) in [4.78, 5) is 1.48. The Morgan fingerprint density at radius 2 is 2.23 bits per heavy atom. The van der Waals surface area contributed by atoms with Crippen molar-refractivity contribution in [3.05, 3.63) is 21.9 Å². The third kappa shape index (κ3) is 1.53. The molecule has 0 amide bonds. The minimum atomic E-state index is 0.421. The summed E-state index contributed by atoms with van der Waals surface area (Å²) in [5.74, 6) is 1.38. The number of thiophene rings is 1. The zero-order valence-corrected chi connectivity index (χ0v) is 9.10. The molecule has 1 fully saturated rings. The Morgan fingerprint density at radius 1 is 1.46 bits per heavy atom. The molecule has 0 bridgehead atoms. The van der Waals surface area contributed by atoms with Gasteiger partial charge in [0.1, 0.15) is 0 Å². The summed E-state index contributed by atoms with van der Waals surface area (Å²) in [6.07, 6.45) is 2.47. The predicted molar refractivity (Wildman–Crippen MR) is 58.2 cm³/mol. The summed E-state index contributed by atoms with van der Waals surface area (Å²) in [5.41, 5.74) is 7.57. The molecule has 3 atom stereocenters. The summed E-state index contributed by atoms with van der Waals surface area (Å²) in [5, 5.41) is 2.20. The highest BCUT2D eigenvalue weighted by Gasteiger charge is 2.32. The van der Waals surface area contributed by atoms with Gasteiger partial charge in [-0.15, -0.1) is 11.3 Å². The lowest BCUT2D eigenvalue weighted by Crippen LogP contribution is -2.24. The van der Waals surface area contributed by atoms with E-state index in [1.807, 2.05) is 11.3 Å². The van der Waals surface area contributed by atoms with Crippen molar-refractivity contribution in [1.29, 1.82) is 0 Å². The molecule has 3 unspecified atom stereocenters. The number of hydrogen-bond acceptors (Lipinski definition) is 2. The lowest BCUT2D eigenvalue weighted by Gasteiger charge is -2.17. The monoisotopic (exact) mass is 195 g/mol. The van der Waals surface area contributed by atoms with E-state index in [1.165, 1.54) is 17.7 Å². The van der Waals surface area contributed by atoms with Gasteiger partial charge in [-0.2, -0.15) is 0 Å². The zero-order chi connectivity index (χ0) is 9.42. The highest BCUT2D eigenvalue weighted by atomic mass is 32.1. The molecule has 1 aromatic rings. The van der Waals surface area contributed by atoms with Crippen molar-refractivity contribution in [3.63, 3.8) is 0 Å². The van der Waals surface area contributed by atoms with Crippen LogP contribution in [0.3, 0.4) is 0 Å². The van der Waals surface area contributed by atoms with Crippen molar-refractivity contribution in [3.8, 4) is 0 Å². The fourth-order valence-corrected chi connectivity index (χ4v) is 3.19. The second kappa shape index (κ2) is 3.43. The largest absolute Gasteiger partial charge is 0.327 e. The van der Waals surface area contributed by atoms with E-state index >= 15 is 0 Å². The van der Waals surface area contributed by atoms with E-state index in [0.717, 1.165) is 5.92 Å². The van der Waals surface area contributed by atoms with Crippen LogP contribution >= 0.6 is 11.3 Å². The van der Waals surface area contributed by atoms with Crippen LogP contribution in [0, 0.1) is 12.8 Å². The number of hydrogen-bond donors (Lipinski definition) is 1. The molecule has 1 nitrogen and oxygen atoms in total. The van der Waals surface area contributed by atoms with E-state index in [1.54, 1.807) is 5.56 Å². The maximum Gasteiger partial charge on any atom is 0.00705 e. The van der Waals surface area contributed by atoms with Crippen LogP contribution < -0.4 is 5.73 Å². The minimum Gasteiger partial charge on any atom is -0.327 e. The van der Waals surface area contributed by atoms with E-state index in [0.29, 0.717) is 12.0 Å². The van der Waals surface area contributed by atoms with Crippen LogP contribution in [0.1, 0.15) is 36.1 Å². The molecule has 13 heavy (non-hydrogen) atoms. The Kier molecular flexibility index (Phi) is 2.43. The lowest BCUT2D eigenvalue weighted by atomic mass is 9.89. The van der Waals surface area contributed by atoms with E-state index in [9.17, 15) is 0 Å². The predicted octanol–water partition coefficient (Wildman–Crippen LogP) is 2.90. The summed E-state index contributed by atoms with van der Waals surface area (Å²) in [6.45, 7) is 4.51. The van der Waals surface area contributed by atoms with Gasteiger partial charge < -0.3 is 5.73 Å². The summed E-state index contributed by atoms with van der Waals surface area (Å²) < 4.78 is 0. The van der Waals surface area contributed by atoms with Crippen LogP contribution in [0.25, 0.3) is 0 Å². The third-order valence-electron chi connectivity index (χ3n) is 3.42. The molecule has 1 saturated carbocycles. The Bertz CT molecular complexity index is 292. The van der Waals surface area contributed by atoms with Crippen LogP contribution in [-0.2, 0) is 0 Å². The molecule has 2 heteroatoms. The van der Waals surface area contributed by atoms with Crippen LogP contribution in [0.4, 0.5) is 0 Å². The number of nitrogens with two attached hydrogens (primary N) is 1. The maximum atomic E-state index is 6.03. The van der Waals surface area contributed by atoms with Gasteiger partial charge in [-0.25, -0.2) is 0 Å². The summed E-state index contributed by atoms with van der Waals surface area (Å²) in [6, 6.07) is 2.70. The van der Waals surface area contributed by atoms with Crippen LogP contribution in [0.15, 0.2) is 11.4 Å². The maximum absolute atomic E-state index is 6.03. The van der Waals surface area contributed by atoms with Gasteiger partial charge in [0.05, 0.1) is 0 Å². The molecule has 1 heterocycles. The van der Waals surface area contributed by atoms with Gasteiger partial charge >= 0.3 is 0 Å². The second-order valence-electron chi connectivity index (χ2n) is 4.14. The van der Waals surface area contributed by atoms with E-state index in [-0.39, 0.29) is 0 Å². The first-order valence-corrected chi connectivity index (χ1v) is 5.87. The smallest absolute Gasteiger partial charge is 0.00705 e. The van der Waals surface area contributed by atoms with Crippen molar-refractivity contribution in [1.82, 2.24) is 0 Å². The van der Waals surface area contributed by atoms with E-state index < -0.39 is 0 Å². The molecule has 72 valence electrons. The molecular formula is C11H17NS. The highest BCUT2D eigenvalue weighted by Crippen LogP contribution is 2.40. The number of rotatable bonds is 1. The molecule has 1 aliphatic carbocycles. The van der Waals surface area contributed by atoms with Crippen LogP contribution in [0.2, 0.25) is 0 Å². The van der Waals surface area contributed by atoms with Crippen molar-refractivity contribution in [2.24, 2.45) is 11.7 Å². The normalized spacial score (nSPS) is 33.9. The first-order chi connectivity index (χ1) is 6.20. The molecule has 1 aromatic heterocycles. The molecule has 2 rings (SSSR count). The second-order valence-corrected chi connectivity index (χ2v) is 5.26. The highest BCUT2D eigenvalue weighted by molar-refractivity contribution is 7.10. The topological polar surface area (TPSA) is 26.0 Å². The van der Waals surface area contributed by atoms with Crippen molar-refractivity contribution in [2.45, 2.75) is 38.6 Å². The van der Waals surface area contributed by atoms with Gasteiger partial charge in [-0.1, -0.05) is 6.92 Å². The Morgan fingerprint density at radius 3 is 2.69 bits per heavy atom. The minimum absolute atomic E-state index is 0.421. The molecule has 0 aliphatic heterocycles. The number of aryl methyl sites for hydroxylation is 1. The van der Waals surface area contributed by atoms with E-state index in [2.05, 4.69) is 25.3 Å². The average Bonchev–Trinajstić information content (AvgIpc) is 2.62. The zero-order valence-electron chi connectivity index (χ0n) is 8.29. The fourth-order valence-electron chi connectivity index (χ4n) is 2.41. The molecule has 0 spiro atoms. The SMILES string of the molecule is Cc1sccc1C1CCC(N)C1C. The van der Waals surface area contributed by atoms with Gasteiger partial charge in [-0.05, 0) is 48.6 Å². The van der Waals surface area contributed by atoms with Crippen molar-refractivity contribution < 1.29 is 0 Å². The summed E-state index contributed by atoms with van der Waals surface area (Å²) in [7, 11) is 0. The molecule has 1 aliphatic rings. The van der Waals surface area contributed by atoms with Crippen LogP contribution in [0.5, 0.6) is 0 Å². The molecular weight excluding hydrogens is 178 g/mol. The van der Waals surface area contributed by atoms with Gasteiger partial charge in [-0.3, -0.25) is 0 Å². The average molecular weight is 195 g/mol. The Hall–Kier alpha value is -0.340. The van der Waals surface area contributed by atoms with Gasteiger partial charge in [0.15, 0.2) is 0 Å². The molecule has 0 radical (unpaired) electrons. The van der Waals surface area contributed by atoms with Gasteiger partial charge in [0.2, 0.25) is 0 Å². The standard InChI is InChI=1S/C11H17NS/c1-7-9(3-4-11(7)12)10-5-6-13-8(10)2/h5-7,9,11H,3-4,12H2,1-2H3. The molecule has 2 N–H and O–H groups in total. The van der Waals surface area contributed by atoms with Gasteiger partial charge in [0, 0.05) is 10.9 Å². The first kappa shape index (κ1) is 9.22. The fraction of sp³-hybridized carbons (Fsp3) is 0.636. The molecule has 0 saturated heterocycles. The molecule has 0 aromatic carbocycles. The Labute approximate surface area is 84.0 Å². The van der Waals surface area contributed by atoms with Crippen LogP contribution in [-0.4, -0.2) is 6.04 Å².